The van der Waals surface area contributed by atoms with E-state index in [9.17, 15) is 4.79 Å². The molecule has 15 heavy (non-hydrogen) atoms. The van der Waals surface area contributed by atoms with Crippen LogP contribution in [-0.4, -0.2) is 44.0 Å². The van der Waals surface area contributed by atoms with E-state index >= 15 is 0 Å². The van der Waals surface area contributed by atoms with Gasteiger partial charge in [0.05, 0.1) is 12.5 Å². The Morgan fingerprint density at radius 3 is 2.73 bits per heavy atom. The van der Waals surface area contributed by atoms with E-state index in [-0.39, 0.29) is 17.9 Å². The summed E-state index contributed by atoms with van der Waals surface area (Å²) in [5, 5.41) is 5.95. The van der Waals surface area contributed by atoms with Crippen molar-refractivity contribution in [2.24, 2.45) is 5.92 Å². The maximum Gasteiger partial charge on any atom is 0.225 e. The van der Waals surface area contributed by atoms with Crippen LogP contribution < -0.4 is 10.6 Å². The molecule has 2 aliphatic rings. The molecule has 86 valence electrons. The molecule has 2 aliphatic heterocycles. The van der Waals surface area contributed by atoms with Gasteiger partial charge in [-0.05, 0) is 13.8 Å². The van der Waals surface area contributed by atoms with Crippen LogP contribution in [0, 0.1) is 5.92 Å². The smallest absolute Gasteiger partial charge is 0.225 e. The number of carbonyl (C=O) groups is 1. The molecule has 1 unspecified atom stereocenters. The molecule has 5 nitrogen and oxygen atoms in total. The summed E-state index contributed by atoms with van der Waals surface area (Å²) >= 11 is 0. The van der Waals surface area contributed by atoms with E-state index in [0.29, 0.717) is 13.2 Å². The molecule has 1 amide bonds. The van der Waals surface area contributed by atoms with Crippen LogP contribution in [0.1, 0.15) is 13.8 Å². The summed E-state index contributed by atoms with van der Waals surface area (Å²) in [6.07, 6.45) is -0.0167. The number of hydrogen-bond donors (Lipinski definition) is 2. The molecule has 0 aromatic carbocycles. The maximum atomic E-state index is 11.5. The van der Waals surface area contributed by atoms with E-state index in [4.69, 9.17) is 9.47 Å². The summed E-state index contributed by atoms with van der Waals surface area (Å²) < 4.78 is 11.0. The summed E-state index contributed by atoms with van der Waals surface area (Å²) in [5.74, 6) is -0.254. The normalized spacial score (nSPS) is 29.9. The molecule has 0 aromatic rings. The quantitative estimate of drug-likeness (QED) is 0.663. The van der Waals surface area contributed by atoms with Crippen molar-refractivity contribution in [3.05, 3.63) is 0 Å². The van der Waals surface area contributed by atoms with Crippen molar-refractivity contribution in [3.8, 4) is 0 Å². The molecule has 0 saturated carbocycles. The molecule has 5 heteroatoms. The van der Waals surface area contributed by atoms with Crippen molar-refractivity contribution >= 4 is 5.91 Å². The predicted molar refractivity (Wildman–Crippen MR) is 54.3 cm³/mol. The SMILES string of the molecule is CC1(C)OCC(CNC(=O)C2CNC2)O1. The molecule has 1 atom stereocenters. The van der Waals surface area contributed by atoms with Gasteiger partial charge < -0.3 is 20.1 Å². The topological polar surface area (TPSA) is 59.6 Å². The minimum absolute atomic E-state index is 0.0167. The molecule has 0 bridgehead atoms. The predicted octanol–water partition coefficient (Wildman–Crippen LogP) is -0.526. The first-order valence-electron chi connectivity index (χ1n) is 5.37. The average Bonchev–Trinajstić information content (AvgIpc) is 2.39. The van der Waals surface area contributed by atoms with Crippen molar-refractivity contribution in [1.82, 2.24) is 10.6 Å². The minimum Gasteiger partial charge on any atom is -0.353 e. The Bertz CT molecular complexity index is 251. The van der Waals surface area contributed by atoms with Crippen molar-refractivity contribution < 1.29 is 14.3 Å². The lowest BCUT2D eigenvalue weighted by Crippen LogP contribution is -2.51. The van der Waals surface area contributed by atoms with Crippen LogP contribution in [0.5, 0.6) is 0 Å². The second-order valence-corrected chi connectivity index (χ2v) is 4.55. The molecule has 2 heterocycles. The first-order valence-corrected chi connectivity index (χ1v) is 5.37. The number of amides is 1. The lowest BCUT2D eigenvalue weighted by molar-refractivity contribution is -0.140. The molecule has 0 spiro atoms. The highest BCUT2D eigenvalue weighted by atomic mass is 16.7. The summed E-state index contributed by atoms with van der Waals surface area (Å²) in [7, 11) is 0. The Hall–Kier alpha value is -0.650. The molecule has 0 radical (unpaired) electrons. The minimum atomic E-state index is -0.507. The Morgan fingerprint density at radius 2 is 2.27 bits per heavy atom. The van der Waals surface area contributed by atoms with Gasteiger partial charge in [-0.3, -0.25) is 4.79 Å². The number of hydrogen-bond acceptors (Lipinski definition) is 4. The molecule has 0 aliphatic carbocycles. The van der Waals surface area contributed by atoms with Gasteiger partial charge in [0.25, 0.3) is 0 Å². The molecule has 2 rings (SSSR count). The van der Waals surface area contributed by atoms with Gasteiger partial charge in [-0.2, -0.15) is 0 Å². The Morgan fingerprint density at radius 1 is 1.53 bits per heavy atom. The van der Waals surface area contributed by atoms with E-state index in [1.807, 2.05) is 13.8 Å². The van der Waals surface area contributed by atoms with Crippen LogP contribution in [0.3, 0.4) is 0 Å². The van der Waals surface area contributed by atoms with Crippen molar-refractivity contribution in [1.29, 1.82) is 0 Å². The zero-order valence-corrected chi connectivity index (χ0v) is 9.21. The lowest BCUT2D eigenvalue weighted by Gasteiger charge is -2.26. The first-order chi connectivity index (χ1) is 7.07. The van der Waals surface area contributed by atoms with Gasteiger partial charge >= 0.3 is 0 Å². The van der Waals surface area contributed by atoms with E-state index in [1.165, 1.54) is 0 Å². The molecule has 2 N–H and O–H groups in total. The first kappa shape index (κ1) is 10.9. The van der Waals surface area contributed by atoms with Crippen LogP contribution in [0.4, 0.5) is 0 Å². The second kappa shape index (κ2) is 4.08. The van der Waals surface area contributed by atoms with Gasteiger partial charge in [-0.15, -0.1) is 0 Å². The molecule has 0 aromatic heterocycles. The molecule has 2 saturated heterocycles. The van der Waals surface area contributed by atoms with Crippen LogP contribution in [0.15, 0.2) is 0 Å². The zero-order valence-electron chi connectivity index (χ0n) is 9.21. The Kier molecular flexibility index (Phi) is 2.95. The highest BCUT2D eigenvalue weighted by molar-refractivity contribution is 5.80. The number of ether oxygens (including phenoxy) is 2. The standard InChI is InChI=1S/C10H18N2O3/c1-10(2)14-6-8(15-10)5-12-9(13)7-3-11-4-7/h7-8,11H,3-6H2,1-2H3,(H,12,13). The number of carbonyl (C=O) groups excluding carboxylic acids is 1. The van der Waals surface area contributed by atoms with Crippen LogP contribution >= 0.6 is 0 Å². The molecular weight excluding hydrogens is 196 g/mol. The second-order valence-electron chi connectivity index (χ2n) is 4.55. The van der Waals surface area contributed by atoms with Crippen LogP contribution in [-0.2, 0) is 14.3 Å². The fraction of sp³-hybridized carbons (Fsp3) is 0.900. The summed E-state index contributed by atoms with van der Waals surface area (Å²) in [6.45, 7) is 6.43. The van der Waals surface area contributed by atoms with E-state index in [2.05, 4.69) is 10.6 Å². The van der Waals surface area contributed by atoms with Gasteiger partial charge in [0, 0.05) is 19.6 Å². The van der Waals surface area contributed by atoms with Crippen LogP contribution in [0.2, 0.25) is 0 Å². The summed E-state index contributed by atoms with van der Waals surface area (Å²) in [4.78, 5) is 11.5. The molecular formula is C10H18N2O3. The van der Waals surface area contributed by atoms with E-state index in [0.717, 1.165) is 13.1 Å². The van der Waals surface area contributed by atoms with Gasteiger partial charge in [0.15, 0.2) is 5.79 Å². The third kappa shape index (κ3) is 2.68. The maximum absolute atomic E-state index is 11.5. The summed E-state index contributed by atoms with van der Waals surface area (Å²) in [5.41, 5.74) is 0. The van der Waals surface area contributed by atoms with Crippen molar-refractivity contribution in [2.75, 3.05) is 26.2 Å². The average molecular weight is 214 g/mol. The lowest BCUT2D eigenvalue weighted by atomic mass is 10.0. The van der Waals surface area contributed by atoms with Crippen LogP contribution in [0.25, 0.3) is 0 Å². The van der Waals surface area contributed by atoms with Gasteiger partial charge in [-0.1, -0.05) is 0 Å². The fourth-order valence-corrected chi connectivity index (χ4v) is 1.70. The van der Waals surface area contributed by atoms with E-state index < -0.39 is 5.79 Å². The van der Waals surface area contributed by atoms with Gasteiger partial charge in [0.1, 0.15) is 6.10 Å². The highest BCUT2D eigenvalue weighted by Gasteiger charge is 2.33. The van der Waals surface area contributed by atoms with Gasteiger partial charge in [-0.25, -0.2) is 0 Å². The Labute approximate surface area is 89.5 Å². The highest BCUT2D eigenvalue weighted by Crippen LogP contribution is 2.21. The third-order valence-electron chi connectivity index (χ3n) is 2.72. The number of nitrogens with one attached hydrogen (secondary N) is 2. The largest absolute Gasteiger partial charge is 0.353 e. The van der Waals surface area contributed by atoms with Gasteiger partial charge in [0.2, 0.25) is 5.91 Å². The van der Waals surface area contributed by atoms with Crippen molar-refractivity contribution in [3.63, 3.8) is 0 Å². The van der Waals surface area contributed by atoms with Crippen molar-refractivity contribution in [2.45, 2.75) is 25.7 Å². The number of rotatable bonds is 3. The molecule has 2 fully saturated rings. The van der Waals surface area contributed by atoms with E-state index in [1.54, 1.807) is 0 Å². The monoisotopic (exact) mass is 214 g/mol. The summed E-state index contributed by atoms with van der Waals surface area (Å²) in [6, 6.07) is 0. The zero-order chi connectivity index (χ0) is 10.9. The Balaban J connectivity index is 1.68. The fourth-order valence-electron chi connectivity index (χ4n) is 1.70. The third-order valence-corrected chi connectivity index (χ3v) is 2.72.